The molecule has 0 aliphatic rings. The molecule has 0 radical (unpaired) electrons. The van der Waals surface area contributed by atoms with Crippen molar-refractivity contribution in [2.45, 2.75) is 110 Å². The standard InChI is InChI=1S/C26H49O3P/c1-23(2)17-11-6-5-9-16-22-30(27,28,29)26(25-19-13-10-14-20-25)21-15-8-7-12-18-24(3)4/h10,13-14,19-20,23-24,26-29H,5-9,11-12,15-18,21-22H2,1-4H3. The normalized spacial score (nSPS) is 14.8. The Bertz CT molecular complexity index is 548. The van der Waals surface area contributed by atoms with E-state index in [-0.39, 0.29) is 6.16 Å². The van der Waals surface area contributed by atoms with Gasteiger partial charge in [-0.05, 0) is 0 Å². The van der Waals surface area contributed by atoms with Gasteiger partial charge in [0.1, 0.15) is 0 Å². The summed E-state index contributed by atoms with van der Waals surface area (Å²) in [6.07, 6.45) is 12.8. The summed E-state index contributed by atoms with van der Waals surface area (Å²) in [5.74, 6) is 1.49. The zero-order valence-electron chi connectivity index (χ0n) is 20.1. The predicted octanol–water partition coefficient (Wildman–Crippen LogP) is 8.00. The van der Waals surface area contributed by atoms with Gasteiger partial charge in [-0.1, -0.05) is 0 Å². The molecule has 176 valence electrons. The summed E-state index contributed by atoms with van der Waals surface area (Å²) >= 11 is 0. The Labute approximate surface area is 186 Å². The molecule has 1 aromatic rings. The van der Waals surface area contributed by atoms with E-state index >= 15 is 0 Å². The quantitative estimate of drug-likeness (QED) is 0.170. The molecule has 3 nitrogen and oxygen atoms in total. The summed E-state index contributed by atoms with van der Waals surface area (Å²) in [4.78, 5) is 33.3. The Morgan fingerprint density at radius 1 is 0.600 bits per heavy atom. The fourth-order valence-corrected chi connectivity index (χ4v) is 6.95. The van der Waals surface area contributed by atoms with Crippen LogP contribution in [0.15, 0.2) is 30.3 Å². The third-order valence-corrected chi connectivity index (χ3v) is 9.21. The molecule has 0 aliphatic carbocycles. The SMILES string of the molecule is CC(C)CCCCCCCP(O)(O)(O)C(CCCCCCC(C)C)c1ccccc1. The zero-order valence-corrected chi connectivity index (χ0v) is 21.0. The van der Waals surface area contributed by atoms with Gasteiger partial charge in [0.2, 0.25) is 0 Å². The number of hydrogen-bond acceptors (Lipinski definition) is 3. The summed E-state index contributed by atoms with van der Waals surface area (Å²) in [6.45, 7) is 9.01. The van der Waals surface area contributed by atoms with E-state index in [2.05, 4.69) is 27.7 Å². The van der Waals surface area contributed by atoms with Crippen LogP contribution < -0.4 is 0 Å². The van der Waals surface area contributed by atoms with Gasteiger partial charge in [-0.25, -0.2) is 0 Å². The Morgan fingerprint density at radius 2 is 1.03 bits per heavy atom. The Hall–Kier alpha value is -0.470. The molecule has 4 heteroatoms. The van der Waals surface area contributed by atoms with E-state index in [1.54, 1.807) is 0 Å². The molecular weight excluding hydrogens is 391 g/mol. The van der Waals surface area contributed by atoms with E-state index in [1.807, 2.05) is 30.3 Å². The van der Waals surface area contributed by atoms with Crippen LogP contribution in [0.2, 0.25) is 0 Å². The molecule has 0 saturated carbocycles. The van der Waals surface area contributed by atoms with Crippen molar-refractivity contribution in [3.8, 4) is 0 Å². The summed E-state index contributed by atoms with van der Waals surface area (Å²) in [7, 11) is -4.73. The third kappa shape index (κ3) is 11.8. The van der Waals surface area contributed by atoms with Gasteiger partial charge in [-0.3, -0.25) is 0 Å². The maximum atomic E-state index is 11.1. The molecule has 0 heterocycles. The van der Waals surface area contributed by atoms with E-state index in [1.165, 1.54) is 38.5 Å². The van der Waals surface area contributed by atoms with Crippen LogP contribution in [-0.2, 0) is 0 Å². The molecule has 1 aromatic carbocycles. The first-order valence-corrected chi connectivity index (χ1v) is 14.8. The van der Waals surface area contributed by atoms with Crippen LogP contribution in [0.25, 0.3) is 0 Å². The zero-order chi connectivity index (χ0) is 22.5. The minimum absolute atomic E-state index is 0.128. The first-order valence-electron chi connectivity index (χ1n) is 12.4. The van der Waals surface area contributed by atoms with Gasteiger partial charge in [0.25, 0.3) is 0 Å². The molecule has 0 spiro atoms. The Balaban J connectivity index is 2.57. The Kier molecular flexibility index (Phi) is 12.7. The summed E-state index contributed by atoms with van der Waals surface area (Å²) in [5.41, 5.74) is 0.310. The van der Waals surface area contributed by atoms with Crippen molar-refractivity contribution < 1.29 is 14.7 Å². The summed E-state index contributed by atoms with van der Waals surface area (Å²) in [6, 6.07) is 9.64. The van der Waals surface area contributed by atoms with Gasteiger partial charge in [0.15, 0.2) is 0 Å². The topological polar surface area (TPSA) is 60.7 Å². The van der Waals surface area contributed by atoms with Crippen LogP contribution in [-0.4, -0.2) is 20.8 Å². The fraction of sp³-hybridized carbons (Fsp3) is 0.769. The number of unbranched alkanes of at least 4 members (excludes halogenated alkanes) is 7. The van der Waals surface area contributed by atoms with Gasteiger partial charge in [-0.15, -0.1) is 0 Å². The van der Waals surface area contributed by atoms with Crippen molar-refractivity contribution in [3.05, 3.63) is 35.9 Å². The molecule has 0 amide bonds. The summed E-state index contributed by atoms with van der Waals surface area (Å²) < 4.78 is 0. The van der Waals surface area contributed by atoms with Crippen molar-refractivity contribution in [2.24, 2.45) is 11.8 Å². The molecule has 1 rings (SSSR count). The van der Waals surface area contributed by atoms with E-state index in [4.69, 9.17) is 0 Å². The van der Waals surface area contributed by atoms with Crippen LogP contribution in [0.3, 0.4) is 0 Å². The van der Waals surface area contributed by atoms with Gasteiger partial charge < -0.3 is 0 Å². The van der Waals surface area contributed by atoms with Crippen molar-refractivity contribution in [1.82, 2.24) is 0 Å². The van der Waals surface area contributed by atoms with E-state index in [9.17, 15) is 14.7 Å². The van der Waals surface area contributed by atoms with E-state index in [0.29, 0.717) is 12.8 Å². The molecule has 0 saturated heterocycles. The van der Waals surface area contributed by atoms with Gasteiger partial charge in [-0.2, -0.15) is 0 Å². The van der Waals surface area contributed by atoms with E-state index in [0.717, 1.165) is 43.1 Å². The van der Waals surface area contributed by atoms with E-state index < -0.39 is 12.9 Å². The molecule has 0 fully saturated rings. The molecular formula is C26H49O3P. The second-order valence-corrected chi connectivity index (χ2v) is 13.7. The number of hydrogen-bond donors (Lipinski definition) is 3. The fourth-order valence-electron chi connectivity index (χ4n) is 4.31. The van der Waals surface area contributed by atoms with Crippen LogP contribution in [0.4, 0.5) is 0 Å². The van der Waals surface area contributed by atoms with Crippen molar-refractivity contribution >= 4 is 7.28 Å². The predicted molar refractivity (Wildman–Crippen MR) is 133 cm³/mol. The van der Waals surface area contributed by atoms with Crippen LogP contribution in [0.5, 0.6) is 0 Å². The number of benzene rings is 1. The summed E-state index contributed by atoms with van der Waals surface area (Å²) in [5, 5.41) is 0. The molecule has 0 aliphatic heterocycles. The van der Waals surface area contributed by atoms with Gasteiger partial charge in [0.05, 0.1) is 0 Å². The second kappa shape index (κ2) is 13.8. The molecule has 30 heavy (non-hydrogen) atoms. The minimum atomic E-state index is -4.73. The molecule has 1 atom stereocenters. The maximum absolute atomic E-state index is 11.1. The molecule has 0 bridgehead atoms. The molecule has 1 unspecified atom stereocenters. The van der Waals surface area contributed by atoms with Crippen LogP contribution >= 0.6 is 7.28 Å². The van der Waals surface area contributed by atoms with Gasteiger partial charge >= 0.3 is 186 Å². The monoisotopic (exact) mass is 440 g/mol. The van der Waals surface area contributed by atoms with Crippen LogP contribution in [0, 0.1) is 11.8 Å². The molecule has 0 aromatic heterocycles. The first-order chi connectivity index (χ1) is 14.1. The van der Waals surface area contributed by atoms with Crippen molar-refractivity contribution in [1.29, 1.82) is 0 Å². The second-order valence-electron chi connectivity index (χ2n) is 10.2. The average molecular weight is 441 g/mol. The third-order valence-electron chi connectivity index (χ3n) is 6.20. The molecule has 3 N–H and O–H groups in total. The Morgan fingerprint density at radius 3 is 1.53 bits per heavy atom. The van der Waals surface area contributed by atoms with Crippen LogP contribution in [0.1, 0.15) is 116 Å². The van der Waals surface area contributed by atoms with Crippen molar-refractivity contribution in [2.75, 3.05) is 6.16 Å². The first kappa shape index (κ1) is 27.6. The van der Waals surface area contributed by atoms with Crippen molar-refractivity contribution in [3.63, 3.8) is 0 Å². The number of rotatable bonds is 17. The van der Waals surface area contributed by atoms with Gasteiger partial charge in [0, 0.05) is 0 Å². The average Bonchev–Trinajstić information content (AvgIpc) is 2.66.